The number of ether oxygens (including phenoxy) is 2. The van der Waals surface area contributed by atoms with Crippen LogP contribution in [0.5, 0.6) is 11.5 Å². The topological polar surface area (TPSA) is 169 Å². The lowest BCUT2D eigenvalue weighted by Crippen LogP contribution is -2.51. The zero-order valence-corrected chi connectivity index (χ0v) is 29.4. The van der Waals surface area contributed by atoms with Gasteiger partial charge in [0.1, 0.15) is 24.3 Å². The molecule has 3 aromatic heterocycles. The normalized spacial score (nSPS) is 14.7. The van der Waals surface area contributed by atoms with E-state index in [1.54, 1.807) is 16.4 Å². The molecule has 2 N–H and O–H groups in total. The SMILES string of the molecule is CCc1c(N2CCN(C(=O)c3ncnc(C)c3O)CC2)c(=O)n2nc(-c3ccc4c(c3)CCOC4)nc2n1CC(=O)Nc1ccc(OC(F)(F)Cl)cc1. The fourth-order valence-electron chi connectivity index (χ4n) is 6.54. The zero-order chi connectivity index (χ0) is 37.4. The van der Waals surface area contributed by atoms with Crippen LogP contribution in [-0.4, -0.2) is 89.3 Å². The van der Waals surface area contributed by atoms with E-state index in [-0.39, 0.29) is 61.4 Å². The number of aromatic hydroxyl groups is 1. The second-order valence-electron chi connectivity index (χ2n) is 12.5. The first kappa shape index (κ1) is 35.7. The molecule has 0 spiro atoms. The van der Waals surface area contributed by atoms with Crippen LogP contribution in [0.3, 0.4) is 0 Å². The number of benzene rings is 2. The molecular formula is C35H34ClF2N9O6. The van der Waals surface area contributed by atoms with Gasteiger partial charge in [0, 0.05) is 49.0 Å². The standard InChI is InChI=1S/C35H34ClF2N9O6/c1-3-26-29(44-11-13-45(14-12-44)32(50)28-30(49)20(2)39-19-40-28)33(51)47-34(42-31(43-47)22-4-5-23-18-52-15-10-21(23)16-22)46(26)17-27(48)41-24-6-8-25(9-7-24)53-35(36,37)38/h4-9,16,19,49H,3,10-15,17-18H2,1-2H3,(H,41,48). The summed E-state index contributed by atoms with van der Waals surface area (Å²) in [6.45, 7) is 5.23. The molecule has 276 valence electrons. The van der Waals surface area contributed by atoms with Crippen molar-refractivity contribution in [2.24, 2.45) is 0 Å². The van der Waals surface area contributed by atoms with Crippen LogP contribution in [0.15, 0.2) is 53.6 Å². The van der Waals surface area contributed by atoms with Crippen LogP contribution in [0, 0.1) is 6.92 Å². The number of carbonyl (C=O) groups is 2. The number of amides is 2. The lowest BCUT2D eigenvalue weighted by atomic mass is 10.0. The van der Waals surface area contributed by atoms with E-state index in [2.05, 4.69) is 25.1 Å². The lowest BCUT2D eigenvalue weighted by molar-refractivity contribution is -0.116. The van der Waals surface area contributed by atoms with Gasteiger partial charge in [0.2, 0.25) is 11.7 Å². The molecule has 7 rings (SSSR count). The summed E-state index contributed by atoms with van der Waals surface area (Å²) in [5.74, 6) is -0.970. The number of fused-ring (bicyclic) bond motifs is 2. The Labute approximate surface area is 305 Å². The third-order valence-electron chi connectivity index (χ3n) is 9.16. The zero-order valence-electron chi connectivity index (χ0n) is 28.7. The van der Waals surface area contributed by atoms with Crippen LogP contribution in [0.4, 0.5) is 20.2 Å². The van der Waals surface area contributed by atoms with E-state index in [9.17, 15) is 28.3 Å². The molecule has 1 fully saturated rings. The summed E-state index contributed by atoms with van der Waals surface area (Å²) in [6.07, 6.45) is 2.28. The second-order valence-corrected chi connectivity index (χ2v) is 13.0. The molecule has 1 saturated heterocycles. The molecule has 0 bridgehead atoms. The molecule has 0 atom stereocenters. The van der Waals surface area contributed by atoms with Gasteiger partial charge in [0.05, 0.1) is 24.6 Å². The molecule has 15 nitrogen and oxygen atoms in total. The number of nitrogens with one attached hydrogen (secondary N) is 1. The minimum Gasteiger partial charge on any atom is -0.504 e. The maximum atomic E-state index is 14.3. The van der Waals surface area contributed by atoms with Gasteiger partial charge in [-0.3, -0.25) is 14.4 Å². The first-order valence-electron chi connectivity index (χ1n) is 16.8. The monoisotopic (exact) mass is 749 g/mol. The van der Waals surface area contributed by atoms with Gasteiger partial charge in [-0.05, 0) is 61.2 Å². The number of aromatic nitrogens is 6. The summed E-state index contributed by atoms with van der Waals surface area (Å²) in [6, 6.07) is 11.1. The van der Waals surface area contributed by atoms with Crippen molar-refractivity contribution in [3.8, 4) is 22.9 Å². The molecule has 0 radical (unpaired) electrons. The minimum absolute atomic E-state index is 0.0982. The number of halogens is 3. The summed E-state index contributed by atoms with van der Waals surface area (Å²) < 4.78 is 38.9. The van der Waals surface area contributed by atoms with Crippen LogP contribution in [0.2, 0.25) is 0 Å². The van der Waals surface area contributed by atoms with Gasteiger partial charge in [0.25, 0.3) is 11.5 Å². The van der Waals surface area contributed by atoms with E-state index < -0.39 is 22.9 Å². The lowest BCUT2D eigenvalue weighted by Gasteiger charge is -2.36. The van der Waals surface area contributed by atoms with E-state index in [1.807, 2.05) is 30.0 Å². The average molecular weight is 750 g/mol. The molecule has 18 heteroatoms. The van der Waals surface area contributed by atoms with Crippen LogP contribution >= 0.6 is 11.6 Å². The summed E-state index contributed by atoms with van der Waals surface area (Å²) in [7, 11) is 0. The first-order chi connectivity index (χ1) is 25.4. The molecule has 0 aliphatic carbocycles. The Kier molecular flexibility index (Phi) is 9.69. The van der Waals surface area contributed by atoms with Crippen molar-refractivity contribution in [3.05, 3.63) is 87.4 Å². The fourth-order valence-corrected chi connectivity index (χ4v) is 6.63. The molecule has 2 aliphatic rings. The smallest absolute Gasteiger partial charge is 0.487 e. The highest BCUT2D eigenvalue weighted by atomic mass is 35.5. The van der Waals surface area contributed by atoms with Crippen LogP contribution in [0.1, 0.15) is 39.9 Å². The van der Waals surface area contributed by atoms with Crippen molar-refractivity contribution >= 4 is 40.6 Å². The van der Waals surface area contributed by atoms with Crippen molar-refractivity contribution in [2.75, 3.05) is 43.0 Å². The molecule has 2 amide bonds. The van der Waals surface area contributed by atoms with E-state index in [0.717, 1.165) is 17.5 Å². The molecule has 0 unspecified atom stereocenters. The van der Waals surface area contributed by atoms with Crippen LogP contribution in [0.25, 0.3) is 17.2 Å². The number of anilines is 2. The van der Waals surface area contributed by atoms with E-state index in [4.69, 9.17) is 21.3 Å². The van der Waals surface area contributed by atoms with Crippen molar-refractivity contribution < 1.29 is 33.0 Å². The van der Waals surface area contributed by atoms with E-state index in [0.29, 0.717) is 48.1 Å². The van der Waals surface area contributed by atoms with Crippen LogP contribution < -0.4 is 20.5 Å². The first-order valence-corrected chi connectivity index (χ1v) is 17.2. The van der Waals surface area contributed by atoms with Crippen molar-refractivity contribution in [3.63, 3.8) is 0 Å². The van der Waals surface area contributed by atoms with Crippen molar-refractivity contribution in [1.29, 1.82) is 0 Å². The molecular weight excluding hydrogens is 716 g/mol. The Morgan fingerprint density at radius 1 is 1.08 bits per heavy atom. The van der Waals surface area contributed by atoms with E-state index >= 15 is 0 Å². The van der Waals surface area contributed by atoms with Gasteiger partial charge < -0.3 is 34.3 Å². The van der Waals surface area contributed by atoms with Gasteiger partial charge in [-0.1, -0.05) is 19.1 Å². The molecule has 2 aliphatic heterocycles. The Morgan fingerprint density at radius 3 is 2.55 bits per heavy atom. The quantitative estimate of drug-likeness (QED) is 0.211. The van der Waals surface area contributed by atoms with Crippen molar-refractivity contribution in [1.82, 2.24) is 34.0 Å². The number of aryl methyl sites for hydroxylation is 1. The fraction of sp³-hybridized carbons (Fsp3) is 0.343. The summed E-state index contributed by atoms with van der Waals surface area (Å²) in [4.78, 5) is 57.3. The number of alkyl halides is 3. The Hall–Kier alpha value is -5.68. The minimum atomic E-state index is -3.89. The highest BCUT2D eigenvalue weighted by molar-refractivity contribution is 6.20. The Balaban J connectivity index is 1.23. The highest BCUT2D eigenvalue weighted by Crippen LogP contribution is 2.28. The predicted molar refractivity (Wildman–Crippen MR) is 188 cm³/mol. The number of nitrogens with zero attached hydrogens (tertiary/aromatic N) is 8. The third-order valence-corrected chi connectivity index (χ3v) is 9.24. The second kappa shape index (κ2) is 14.4. The summed E-state index contributed by atoms with van der Waals surface area (Å²) >= 11 is 4.86. The Bertz CT molecular complexity index is 2270. The highest BCUT2D eigenvalue weighted by Gasteiger charge is 2.31. The Morgan fingerprint density at radius 2 is 1.83 bits per heavy atom. The molecule has 5 aromatic rings. The number of hydrogen-bond acceptors (Lipinski definition) is 11. The largest absolute Gasteiger partial charge is 0.504 e. The van der Waals surface area contributed by atoms with E-state index in [1.165, 1.54) is 35.1 Å². The number of hydrogen-bond donors (Lipinski definition) is 2. The number of rotatable bonds is 9. The maximum absolute atomic E-state index is 14.3. The van der Waals surface area contributed by atoms with Gasteiger partial charge in [-0.2, -0.15) is 9.50 Å². The molecule has 0 saturated carbocycles. The summed E-state index contributed by atoms with van der Waals surface area (Å²) in [5.41, 5.74) is -0.139. The maximum Gasteiger partial charge on any atom is 0.487 e. The van der Waals surface area contributed by atoms with Gasteiger partial charge in [0.15, 0.2) is 17.3 Å². The average Bonchev–Trinajstić information content (AvgIpc) is 3.60. The van der Waals surface area contributed by atoms with Crippen LogP contribution in [-0.2, 0) is 35.5 Å². The number of piperazine rings is 1. The van der Waals surface area contributed by atoms with Crippen molar-refractivity contribution in [2.45, 2.75) is 45.4 Å². The van der Waals surface area contributed by atoms with Gasteiger partial charge in [-0.25, -0.2) is 9.97 Å². The number of carbonyl (C=O) groups excluding carboxylic acids is 2. The molecule has 5 heterocycles. The van der Waals surface area contributed by atoms with Gasteiger partial charge in [-0.15, -0.1) is 13.9 Å². The third kappa shape index (κ3) is 7.34. The molecule has 2 aromatic carbocycles. The van der Waals surface area contributed by atoms with Gasteiger partial charge >= 0.3 is 5.57 Å². The predicted octanol–water partition coefficient (Wildman–Crippen LogP) is 3.77. The molecule has 53 heavy (non-hydrogen) atoms. The summed E-state index contributed by atoms with van der Waals surface area (Å²) in [5, 5.41) is 17.8.